The zero-order valence-corrected chi connectivity index (χ0v) is 34.4. The Morgan fingerprint density at radius 2 is 0.964 bits per heavy atom. The lowest BCUT2D eigenvalue weighted by Crippen LogP contribution is -2.34. The van der Waals surface area contributed by atoms with E-state index in [1.807, 2.05) is 36.4 Å². The molecule has 0 bridgehead atoms. The third-order valence-electron chi connectivity index (χ3n) is 9.38. The van der Waals surface area contributed by atoms with E-state index in [2.05, 4.69) is 41.5 Å². The van der Waals surface area contributed by atoms with Crippen molar-refractivity contribution in [1.82, 2.24) is 0 Å². The molecule has 3 aromatic carbocycles. The lowest BCUT2D eigenvalue weighted by atomic mass is 9.94. The van der Waals surface area contributed by atoms with Crippen LogP contribution < -0.4 is 33.2 Å². The third kappa shape index (κ3) is 13.2. The molecular formula is C46H66O9. The number of ether oxygens (including phenoxy) is 8. The summed E-state index contributed by atoms with van der Waals surface area (Å²) in [5.74, 6) is 3.53. The molecule has 0 aromatic heterocycles. The Hall–Kier alpha value is -4.27. The second kappa shape index (κ2) is 24.3. The number of hydrogen-bond donors (Lipinski definition) is 0. The summed E-state index contributed by atoms with van der Waals surface area (Å²) >= 11 is 0. The van der Waals surface area contributed by atoms with Crippen molar-refractivity contribution in [3.63, 3.8) is 0 Å². The van der Waals surface area contributed by atoms with Gasteiger partial charge in [-0.2, -0.15) is 0 Å². The first kappa shape index (κ1) is 43.5. The predicted molar refractivity (Wildman–Crippen MR) is 218 cm³/mol. The van der Waals surface area contributed by atoms with Crippen LogP contribution >= 0.6 is 0 Å². The molecule has 0 spiro atoms. The first-order valence-electron chi connectivity index (χ1n) is 21.1. The maximum Gasteiger partial charge on any atom is 0.338 e. The number of fused-ring (bicyclic) bond motifs is 1. The van der Waals surface area contributed by atoms with Gasteiger partial charge in [0.25, 0.3) is 0 Å². The van der Waals surface area contributed by atoms with Crippen molar-refractivity contribution in [2.45, 2.75) is 137 Å². The Kier molecular flexibility index (Phi) is 19.2. The third-order valence-corrected chi connectivity index (χ3v) is 9.38. The highest BCUT2D eigenvalue weighted by Crippen LogP contribution is 2.45. The fourth-order valence-corrected chi connectivity index (χ4v) is 6.03. The number of unbranched alkanes of at least 4 members (excludes halogenated alkanes) is 6. The summed E-state index contributed by atoms with van der Waals surface area (Å²) in [7, 11) is 0. The van der Waals surface area contributed by atoms with Crippen LogP contribution in [-0.2, 0) is 11.2 Å². The summed E-state index contributed by atoms with van der Waals surface area (Å²) in [6.45, 7) is 15.9. The molecule has 9 heteroatoms. The number of para-hydroxylation sites is 1. The molecule has 55 heavy (non-hydrogen) atoms. The van der Waals surface area contributed by atoms with Gasteiger partial charge in [0.2, 0.25) is 11.5 Å². The monoisotopic (exact) mass is 762 g/mol. The van der Waals surface area contributed by atoms with Gasteiger partial charge in [-0.25, -0.2) is 4.79 Å². The lowest BCUT2D eigenvalue weighted by Gasteiger charge is -2.34. The number of benzene rings is 3. The number of esters is 1. The number of carbonyl (C=O) groups is 1. The normalized spacial score (nSPS) is 14.7. The zero-order chi connectivity index (χ0) is 39.3. The average molecular weight is 763 g/mol. The van der Waals surface area contributed by atoms with Crippen LogP contribution in [0.5, 0.6) is 40.2 Å². The van der Waals surface area contributed by atoms with Crippen LogP contribution in [0.25, 0.3) is 0 Å². The highest BCUT2D eigenvalue weighted by Gasteiger charge is 2.36. The molecule has 1 aliphatic rings. The van der Waals surface area contributed by atoms with E-state index in [4.69, 9.17) is 37.9 Å². The van der Waals surface area contributed by atoms with E-state index in [1.165, 1.54) is 0 Å². The van der Waals surface area contributed by atoms with E-state index < -0.39 is 18.2 Å². The molecule has 1 heterocycles. The maximum atomic E-state index is 14.3. The largest absolute Gasteiger partial charge is 0.490 e. The summed E-state index contributed by atoms with van der Waals surface area (Å²) in [6.07, 6.45) is 10.4. The van der Waals surface area contributed by atoms with Gasteiger partial charge in [-0.15, -0.1) is 0 Å². The number of rotatable bonds is 27. The Morgan fingerprint density at radius 3 is 1.40 bits per heavy atom. The Bertz CT molecular complexity index is 1510. The average Bonchev–Trinajstić information content (AvgIpc) is 3.19. The van der Waals surface area contributed by atoms with Gasteiger partial charge in [-0.1, -0.05) is 98.3 Å². The smallest absolute Gasteiger partial charge is 0.338 e. The van der Waals surface area contributed by atoms with Gasteiger partial charge in [0.05, 0.1) is 45.2 Å². The van der Waals surface area contributed by atoms with E-state index in [1.54, 1.807) is 12.1 Å². The topological polar surface area (TPSA) is 90.9 Å². The van der Waals surface area contributed by atoms with Gasteiger partial charge < -0.3 is 37.9 Å². The van der Waals surface area contributed by atoms with Gasteiger partial charge in [0.15, 0.2) is 29.1 Å². The summed E-state index contributed by atoms with van der Waals surface area (Å²) < 4.78 is 51.0. The molecule has 304 valence electrons. The second-order valence-electron chi connectivity index (χ2n) is 14.2. The van der Waals surface area contributed by atoms with E-state index in [9.17, 15) is 4.79 Å². The van der Waals surface area contributed by atoms with E-state index in [0.29, 0.717) is 86.1 Å². The fourth-order valence-electron chi connectivity index (χ4n) is 6.03. The van der Waals surface area contributed by atoms with Crippen LogP contribution in [-0.4, -0.2) is 51.7 Å². The van der Waals surface area contributed by atoms with Gasteiger partial charge in [-0.3, -0.25) is 0 Å². The fraction of sp³-hybridized carbons (Fsp3) is 0.587. The predicted octanol–water partition coefficient (Wildman–Crippen LogP) is 11.7. The molecule has 3 aromatic rings. The van der Waals surface area contributed by atoms with Crippen LogP contribution in [0.1, 0.15) is 146 Å². The van der Waals surface area contributed by atoms with Crippen LogP contribution in [0.3, 0.4) is 0 Å². The van der Waals surface area contributed by atoms with Crippen molar-refractivity contribution in [1.29, 1.82) is 0 Å². The molecule has 0 saturated carbocycles. The molecule has 0 N–H and O–H groups in total. The van der Waals surface area contributed by atoms with Gasteiger partial charge in [0, 0.05) is 12.0 Å². The molecule has 2 atom stereocenters. The first-order chi connectivity index (χ1) is 27.0. The van der Waals surface area contributed by atoms with Crippen molar-refractivity contribution >= 4 is 5.97 Å². The molecule has 0 saturated heterocycles. The summed E-state index contributed by atoms with van der Waals surface area (Å²) in [5.41, 5.74) is 2.06. The number of carbonyl (C=O) groups excluding carboxylic acids is 1. The SMILES string of the molecule is CCCCOc1cc(C(=O)OC2Cc3ccccc3OC2c2cc(OCCCC)c(OCCCC)c(OCCCC)c2)cc(OCCCC)c1OCCCC. The quantitative estimate of drug-likeness (QED) is 0.0556. The molecule has 9 nitrogen and oxygen atoms in total. The highest BCUT2D eigenvalue weighted by atomic mass is 16.6. The van der Waals surface area contributed by atoms with Crippen molar-refractivity contribution in [2.24, 2.45) is 0 Å². The first-order valence-corrected chi connectivity index (χ1v) is 21.1. The molecule has 0 aliphatic carbocycles. The van der Waals surface area contributed by atoms with E-state index in [0.717, 1.165) is 93.9 Å². The number of hydrogen-bond acceptors (Lipinski definition) is 9. The Balaban J connectivity index is 1.76. The minimum atomic E-state index is -0.671. The van der Waals surface area contributed by atoms with Crippen LogP contribution in [0, 0.1) is 0 Å². The van der Waals surface area contributed by atoms with Crippen molar-refractivity contribution in [3.05, 3.63) is 65.2 Å². The Labute approximate surface area is 330 Å². The van der Waals surface area contributed by atoms with Gasteiger partial charge in [0.1, 0.15) is 11.9 Å². The lowest BCUT2D eigenvalue weighted by molar-refractivity contribution is -0.0184. The standard InChI is InChI=1S/C46H66O9/c1-7-13-23-48-38-30-35(31-39(49-24-14-8-2)44(38)52-27-17-11-5)43-42(29-34-21-19-20-22-37(34)54-43)55-46(47)36-32-40(50-25-15-9-3)45(53-28-18-12-6)41(33-36)51-26-16-10-4/h19-22,30-33,42-43H,7-18,23-29H2,1-6H3. The minimum Gasteiger partial charge on any atom is -0.490 e. The summed E-state index contributed by atoms with van der Waals surface area (Å²) in [5, 5.41) is 0. The summed E-state index contributed by atoms with van der Waals surface area (Å²) in [6, 6.07) is 15.3. The molecule has 1 aliphatic heterocycles. The van der Waals surface area contributed by atoms with Gasteiger partial charge in [-0.05, 0) is 74.4 Å². The van der Waals surface area contributed by atoms with Gasteiger partial charge >= 0.3 is 5.97 Å². The highest BCUT2D eigenvalue weighted by molar-refractivity contribution is 5.91. The Morgan fingerprint density at radius 1 is 0.564 bits per heavy atom. The van der Waals surface area contributed by atoms with E-state index >= 15 is 0 Å². The van der Waals surface area contributed by atoms with Crippen LogP contribution in [0.2, 0.25) is 0 Å². The summed E-state index contributed by atoms with van der Waals surface area (Å²) in [4.78, 5) is 14.3. The van der Waals surface area contributed by atoms with Crippen molar-refractivity contribution in [2.75, 3.05) is 39.6 Å². The zero-order valence-electron chi connectivity index (χ0n) is 34.4. The van der Waals surface area contributed by atoms with Crippen molar-refractivity contribution in [3.8, 4) is 40.2 Å². The molecule has 4 rings (SSSR count). The van der Waals surface area contributed by atoms with E-state index in [-0.39, 0.29) is 0 Å². The van der Waals surface area contributed by atoms with Crippen LogP contribution in [0.4, 0.5) is 0 Å². The minimum absolute atomic E-state index is 0.324. The molecule has 2 unspecified atom stereocenters. The maximum absolute atomic E-state index is 14.3. The van der Waals surface area contributed by atoms with Crippen molar-refractivity contribution < 1.29 is 42.7 Å². The molecule has 0 amide bonds. The molecule has 0 radical (unpaired) electrons. The molecule has 0 fully saturated rings. The van der Waals surface area contributed by atoms with Crippen LogP contribution in [0.15, 0.2) is 48.5 Å². The molecular weight excluding hydrogens is 696 g/mol. The second-order valence-corrected chi connectivity index (χ2v) is 14.2.